The number of nitrogens with one attached hydrogen (secondary N) is 1. The molecule has 0 unspecified atom stereocenters. The van der Waals surface area contributed by atoms with E-state index in [1.54, 1.807) is 12.4 Å². The number of benzene rings is 1. The van der Waals surface area contributed by atoms with Gasteiger partial charge in [-0.05, 0) is 56.7 Å². The van der Waals surface area contributed by atoms with E-state index in [1.807, 2.05) is 0 Å². The van der Waals surface area contributed by atoms with E-state index in [2.05, 4.69) is 51.3 Å². The van der Waals surface area contributed by atoms with Crippen molar-refractivity contribution in [3.8, 4) is 5.75 Å². The highest BCUT2D eigenvalue weighted by Gasteiger charge is 2.19. The molecule has 2 fully saturated rings. The summed E-state index contributed by atoms with van der Waals surface area (Å²) in [5, 5.41) is 0. The molecule has 1 aromatic carbocycles. The molecule has 0 bridgehead atoms. The summed E-state index contributed by atoms with van der Waals surface area (Å²) < 4.78 is 6.21. The van der Waals surface area contributed by atoms with Crippen LogP contribution in [0.3, 0.4) is 0 Å². The Bertz CT molecular complexity index is 878. The molecule has 1 N–H and O–H groups in total. The predicted molar refractivity (Wildman–Crippen MR) is 120 cm³/mol. The molecule has 4 rings (SSSR count). The van der Waals surface area contributed by atoms with Crippen LogP contribution in [0.1, 0.15) is 56.2 Å². The number of aromatic nitrogens is 2. The Morgan fingerprint density at radius 3 is 2.70 bits per heavy atom. The highest BCUT2D eigenvalue weighted by Crippen LogP contribution is 2.27. The van der Waals surface area contributed by atoms with Gasteiger partial charge in [-0.3, -0.25) is 14.7 Å². The van der Waals surface area contributed by atoms with Gasteiger partial charge in [0.25, 0.3) is 5.56 Å². The maximum Gasteiger partial charge on any atom is 0.270 e. The number of piperidine rings is 1. The van der Waals surface area contributed by atoms with Crippen LogP contribution in [0.4, 0.5) is 0 Å². The molecule has 5 nitrogen and oxygen atoms in total. The van der Waals surface area contributed by atoms with Gasteiger partial charge in [0.1, 0.15) is 11.4 Å². The van der Waals surface area contributed by atoms with Crippen molar-refractivity contribution < 1.29 is 4.74 Å². The Morgan fingerprint density at radius 2 is 1.90 bits per heavy atom. The fourth-order valence-corrected chi connectivity index (χ4v) is 4.56. The predicted octanol–water partition coefficient (Wildman–Crippen LogP) is 4.65. The van der Waals surface area contributed by atoms with Gasteiger partial charge >= 0.3 is 0 Å². The van der Waals surface area contributed by atoms with Gasteiger partial charge in [0, 0.05) is 24.5 Å². The minimum absolute atomic E-state index is 0.0793. The molecule has 160 valence electrons. The number of hydrogen-bond donors (Lipinski definition) is 1. The van der Waals surface area contributed by atoms with Crippen LogP contribution in [-0.2, 0) is 6.54 Å². The van der Waals surface area contributed by atoms with Gasteiger partial charge in [0.15, 0.2) is 0 Å². The maximum absolute atomic E-state index is 11.8. The van der Waals surface area contributed by atoms with E-state index in [0.29, 0.717) is 24.1 Å². The highest BCUT2D eigenvalue weighted by molar-refractivity contribution is 5.57. The molecule has 1 aromatic heterocycles. The van der Waals surface area contributed by atoms with Crippen molar-refractivity contribution in [2.24, 2.45) is 11.8 Å². The van der Waals surface area contributed by atoms with E-state index in [0.717, 1.165) is 38.3 Å². The number of aromatic amines is 1. The van der Waals surface area contributed by atoms with Crippen LogP contribution in [0.5, 0.6) is 5.75 Å². The molecule has 1 aliphatic heterocycles. The zero-order valence-corrected chi connectivity index (χ0v) is 17.8. The number of rotatable bonds is 7. The smallest absolute Gasteiger partial charge is 0.270 e. The first-order chi connectivity index (χ1) is 14.8. The maximum atomic E-state index is 11.8. The molecule has 2 heterocycles. The number of hydrogen-bond acceptors (Lipinski definition) is 4. The second-order valence-corrected chi connectivity index (χ2v) is 8.69. The molecule has 1 aliphatic carbocycles. The Morgan fingerprint density at radius 1 is 1.10 bits per heavy atom. The molecule has 0 spiro atoms. The van der Waals surface area contributed by atoms with Crippen LogP contribution in [-0.4, -0.2) is 34.6 Å². The first-order valence-electron chi connectivity index (χ1n) is 11.4. The fraction of sp³-hybridized carbons (Fsp3) is 0.520. The lowest BCUT2D eigenvalue weighted by molar-refractivity contribution is 0.193. The minimum atomic E-state index is -0.0793. The van der Waals surface area contributed by atoms with Crippen molar-refractivity contribution in [1.29, 1.82) is 0 Å². The summed E-state index contributed by atoms with van der Waals surface area (Å²) >= 11 is 0. The molecule has 30 heavy (non-hydrogen) atoms. The van der Waals surface area contributed by atoms with Gasteiger partial charge < -0.3 is 9.72 Å². The molecule has 0 atom stereocenters. The highest BCUT2D eigenvalue weighted by atomic mass is 16.5. The van der Waals surface area contributed by atoms with E-state index in [4.69, 9.17) is 4.74 Å². The van der Waals surface area contributed by atoms with Crippen molar-refractivity contribution >= 4 is 6.08 Å². The van der Waals surface area contributed by atoms with Gasteiger partial charge in [-0.2, -0.15) is 0 Å². The lowest BCUT2D eigenvalue weighted by atomic mass is 9.90. The molecule has 1 saturated carbocycles. The van der Waals surface area contributed by atoms with Gasteiger partial charge in [0.2, 0.25) is 0 Å². The normalized spacial score (nSPS) is 19.3. The summed E-state index contributed by atoms with van der Waals surface area (Å²) in [4.78, 5) is 21.1. The third kappa shape index (κ3) is 5.82. The largest absolute Gasteiger partial charge is 0.493 e. The van der Waals surface area contributed by atoms with E-state index in [-0.39, 0.29) is 5.56 Å². The number of allylic oxidation sites excluding steroid dienone is 1. The lowest BCUT2D eigenvalue weighted by Gasteiger charge is -2.30. The third-order valence-corrected chi connectivity index (χ3v) is 6.45. The van der Waals surface area contributed by atoms with Crippen LogP contribution in [0.15, 0.2) is 47.5 Å². The number of likely N-dealkylation sites (tertiary alicyclic amines) is 1. The summed E-state index contributed by atoms with van der Waals surface area (Å²) in [5.41, 5.74) is 1.70. The molecule has 0 radical (unpaired) electrons. The zero-order valence-electron chi connectivity index (χ0n) is 17.8. The number of nitrogens with zero attached hydrogens (tertiary/aromatic N) is 2. The Kier molecular flexibility index (Phi) is 7.35. The zero-order chi connectivity index (χ0) is 20.6. The van der Waals surface area contributed by atoms with Crippen LogP contribution < -0.4 is 10.3 Å². The van der Waals surface area contributed by atoms with E-state index >= 15 is 0 Å². The second kappa shape index (κ2) is 10.6. The third-order valence-electron chi connectivity index (χ3n) is 6.45. The van der Waals surface area contributed by atoms with Crippen LogP contribution in [0.25, 0.3) is 6.08 Å². The fourth-order valence-electron chi connectivity index (χ4n) is 4.56. The summed E-state index contributed by atoms with van der Waals surface area (Å²) in [7, 11) is 0. The monoisotopic (exact) mass is 407 g/mol. The van der Waals surface area contributed by atoms with Crippen molar-refractivity contribution in [3.05, 3.63) is 64.3 Å². The molecular weight excluding hydrogens is 374 g/mol. The molecule has 5 heteroatoms. The van der Waals surface area contributed by atoms with Crippen molar-refractivity contribution in [2.45, 2.75) is 51.5 Å². The first kappa shape index (κ1) is 20.9. The number of para-hydroxylation sites is 1. The summed E-state index contributed by atoms with van der Waals surface area (Å²) in [6, 6.07) is 8.39. The quantitative estimate of drug-likeness (QED) is 0.726. The van der Waals surface area contributed by atoms with Crippen molar-refractivity contribution in [1.82, 2.24) is 14.9 Å². The average Bonchev–Trinajstić information content (AvgIpc) is 2.80. The molecular formula is C25H33N3O2. The van der Waals surface area contributed by atoms with E-state index in [1.165, 1.54) is 37.7 Å². The topological polar surface area (TPSA) is 58.2 Å². The Labute approximate surface area is 179 Å². The Hall–Kier alpha value is -2.40. The molecule has 2 aliphatic rings. The Balaban J connectivity index is 1.28. The second-order valence-electron chi connectivity index (χ2n) is 8.69. The van der Waals surface area contributed by atoms with Gasteiger partial charge in [-0.1, -0.05) is 49.6 Å². The van der Waals surface area contributed by atoms with Crippen LogP contribution >= 0.6 is 0 Å². The summed E-state index contributed by atoms with van der Waals surface area (Å²) in [6.45, 7) is 3.45. The van der Waals surface area contributed by atoms with Crippen molar-refractivity contribution in [3.63, 3.8) is 0 Å². The number of ether oxygens (including phenoxy) is 1. The summed E-state index contributed by atoms with van der Waals surface area (Å²) in [6.07, 6.45) is 16.7. The molecule has 0 amide bonds. The SMILES string of the molecule is O=c1[nH]ccnc1CN1CCC(/C=C/c2ccccc2OCC2CCCCC2)CC1. The first-order valence-corrected chi connectivity index (χ1v) is 11.4. The molecule has 1 saturated heterocycles. The molecule has 2 aromatic rings. The lowest BCUT2D eigenvalue weighted by Crippen LogP contribution is -2.34. The van der Waals surface area contributed by atoms with Gasteiger partial charge in [-0.15, -0.1) is 0 Å². The van der Waals surface area contributed by atoms with Crippen molar-refractivity contribution in [2.75, 3.05) is 19.7 Å². The average molecular weight is 408 g/mol. The summed E-state index contributed by atoms with van der Waals surface area (Å²) in [5.74, 6) is 2.28. The van der Waals surface area contributed by atoms with Gasteiger partial charge in [0.05, 0.1) is 6.61 Å². The minimum Gasteiger partial charge on any atom is -0.493 e. The van der Waals surface area contributed by atoms with Crippen LogP contribution in [0, 0.1) is 11.8 Å². The van der Waals surface area contributed by atoms with Crippen LogP contribution in [0.2, 0.25) is 0 Å². The number of H-pyrrole nitrogens is 1. The van der Waals surface area contributed by atoms with Gasteiger partial charge in [-0.25, -0.2) is 0 Å². The standard InChI is InChI=1S/C25H33N3O2/c29-25-23(26-14-15-27-25)18-28-16-12-20(13-17-28)10-11-22-8-4-5-9-24(22)30-19-21-6-2-1-3-7-21/h4-5,8-11,14-15,20-21H,1-3,6-7,12-13,16-19H2,(H,27,29)/b11-10+. The van der Waals surface area contributed by atoms with E-state index in [9.17, 15) is 4.79 Å². The van der Waals surface area contributed by atoms with E-state index < -0.39 is 0 Å².